The largest absolute Gasteiger partial charge is 0.481 e. The third kappa shape index (κ3) is 5.57. The number of anilines is 1. The molecular weight excluding hydrogens is 364 g/mol. The van der Waals surface area contributed by atoms with Gasteiger partial charge in [0.2, 0.25) is 5.88 Å². The highest BCUT2D eigenvalue weighted by atomic mass is 16.6. The second-order valence-electron chi connectivity index (χ2n) is 6.23. The van der Waals surface area contributed by atoms with Crippen LogP contribution in [0.15, 0.2) is 36.5 Å². The molecule has 28 heavy (non-hydrogen) atoms. The van der Waals surface area contributed by atoms with Crippen molar-refractivity contribution >= 4 is 17.5 Å². The number of nitro benzene ring substituents is 1. The highest BCUT2D eigenvalue weighted by molar-refractivity contribution is 5.86. The van der Waals surface area contributed by atoms with Gasteiger partial charge in [0.15, 0.2) is 0 Å². The molecular formula is C19H24N4O5. The zero-order valence-corrected chi connectivity index (χ0v) is 15.9. The van der Waals surface area contributed by atoms with Gasteiger partial charge in [0.25, 0.3) is 5.69 Å². The summed E-state index contributed by atoms with van der Waals surface area (Å²) >= 11 is 0. The van der Waals surface area contributed by atoms with Gasteiger partial charge >= 0.3 is 6.09 Å². The summed E-state index contributed by atoms with van der Waals surface area (Å²) in [6.07, 6.45) is 2.98. The third-order valence-corrected chi connectivity index (χ3v) is 4.16. The maximum atomic E-state index is 11.6. The number of methoxy groups -OCH3 is 1. The molecule has 0 aliphatic carbocycles. The maximum absolute atomic E-state index is 11.6. The fraction of sp³-hybridized carbons (Fsp3) is 0.368. The Morgan fingerprint density at radius 3 is 2.71 bits per heavy atom. The van der Waals surface area contributed by atoms with E-state index in [2.05, 4.69) is 10.3 Å². The first kappa shape index (κ1) is 20.9. The van der Waals surface area contributed by atoms with Crippen LogP contribution in [0.4, 0.5) is 16.2 Å². The number of primary amides is 1. The van der Waals surface area contributed by atoms with E-state index >= 15 is 0 Å². The van der Waals surface area contributed by atoms with Gasteiger partial charge in [-0.2, -0.15) is 0 Å². The molecule has 9 heteroatoms. The molecule has 0 aliphatic rings. The number of hydrogen-bond donors (Lipinski definition) is 2. The summed E-state index contributed by atoms with van der Waals surface area (Å²) in [5.41, 5.74) is 6.63. The van der Waals surface area contributed by atoms with E-state index in [1.165, 1.54) is 13.2 Å². The number of ether oxygens (including phenoxy) is 2. The minimum Gasteiger partial charge on any atom is -0.481 e. The van der Waals surface area contributed by atoms with Crippen molar-refractivity contribution in [2.75, 3.05) is 19.0 Å². The van der Waals surface area contributed by atoms with Crippen LogP contribution in [0.5, 0.6) is 5.88 Å². The van der Waals surface area contributed by atoms with Gasteiger partial charge in [-0.25, -0.2) is 9.78 Å². The first-order valence-corrected chi connectivity index (χ1v) is 8.89. The Balaban J connectivity index is 2.22. The molecule has 0 spiro atoms. The molecule has 0 radical (unpaired) electrons. The third-order valence-electron chi connectivity index (χ3n) is 4.16. The monoisotopic (exact) mass is 388 g/mol. The van der Waals surface area contributed by atoms with Crippen LogP contribution in [0.25, 0.3) is 11.1 Å². The van der Waals surface area contributed by atoms with Crippen LogP contribution in [0, 0.1) is 10.1 Å². The second kappa shape index (κ2) is 10.1. The number of carbonyl (C=O) groups is 1. The number of unbranched alkanes of at least 4 members (excludes halogenated alkanes) is 1. The number of nitro groups is 1. The minimum atomic E-state index is -0.791. The van der Waals surface area contributed by atoms with Crippen molar-refractivity contribution in [1.29, 1.82) is 0 Å². The molecule has 2 rings (SSSR count). The van der Waals surface area contributed by atoms with Crippen molar-refractivity contribution in [1.82, 2.24) is 4.98 Å². The number of pyridine rings is 1. The van der Waals surface area contributed by atoms with Gasteiger partial charge in [-0.05, 0) is 38.3 Å². The Bertz CT molecular complexity index is 828. The molecule has 0 aliphatic heterocycles. The highest BCUT2D eigenvalue weighted by Crippen LogP contribution is 2.39. The Labute approximate surface area is 163 Å². The minimum absolute atomic E-state index is 0.0210. The molecule has 1 heterocycles. The Morgan fingerprint density at radius 2 is 2.04 bits per heavy atom. The molecule has 0 saturated heterocycles. The van der Waals surface area contributed by atoms with Gasteiger partial charge in [0.05, 0.1) is 18.6 Å². The molecule has 150 valence electrons. The SMILES string of the molecule is COc1ncccc1-c1cccc([N+](=O)[O-])c1NC(C)CCCCOC(N)=O. The fourth-order valence-electron chi connectivity index (χ4n) is 2.87. The molecule has 0 saturated carbocycles. The number of nitrogens with two attached hydrogens (primary N) is 1. The number of para-hydroxylation sites is 1. The van der Waals surface area contributed by atoms with Crippen LogP contribution >= 0.6 is 0 Å². The average Bonchev–Trinajstić information content (AvgIpc) is 2.67. The lowest BCUT2D eigenvalue weighted by Crippen LogP contribution is -2.18. The standard InChI is InChI=1S/C19H24N4O5/c1-13(7-3-4-12-28-19(20)24)22-17-14(8-5-10-16(17)23(25)26)15-9-6-11-21-18(15)27-2/h5-6,8-11,13,22H,3-4,7,12H2,1-2H3,(H2,20,24). The molecule has 1 aromatic heterocycles. The van der Waals surface area contributed by atoms with Gasteiger partial charge in [0, 0.05) is 29.4 Å². The number of nitrogens with one attached hydrogen (secondary N) is 1. The predicted molar refractivity (Wildman–Crippen MR) is 105 cm³/mol. The fourth-order valence-corrected chi connectivity index (χ4v) is 2.87. The smallest absolute Gasteiger partial charge is 0.404 e. The van der Waals surface area contributed by atoms with E-state index in [0.717, 1.165) is 12.8 Å². The molecule has 9 nitrogen and oxygen atoms in total. The van der Waals surface area contributed by atoms with Crippen LogP contribution in [0.3, 0.4) is 0 Å². The Hall–Kier alpha value is -3.36. The van der Waals surface area contributed by atoms with E-state index in [4.69, 9.17) is 15.2 Å². The molecule has 1 atom stereocenters. The van der Waals surface area contributed by atoms with Crippen molar-refractivity contribution in [3.05, 3.63) is 46.6 Å². The Morgan fingerprint density at radius 1 is 1.29 bits per heavy atom. The normalized spacial score (nSPS) is 11.5. The lowest BCUT2D eigenvalue weighted by molar-refractivity contribution is -0.383. The van der Waals surface area contributed by atoms with Gasteiger partial charge in [-0.1, -0.05) is 12.1 Å². The topological polar surface area (TPSA) is 130 Å². The van der Waals surface area contributed by atoms with Crippen LogP contribution in [0.1, 0.15) is 26.2 Å². The maximum Gasteiger partial charge on any atom is 0.404 e. The average molecular weight is 388 g/mol. The molecule has 1 unspecified atom stereocenters. The summed E-state index contributed by atoms with van der Waals surface area (Å²) in [5, 5.41) is 14.8. The van der Waals surface area contributed by atoms with E-state index in [1.807, 2.05) is 13.0 Å². The van der Waals surface area contributed by atoms with E-state index in [9.17, 15) is 14.9 Å². The molecule has 1 aromatic carbocycles. The molecule has 0 fully saturated rings. The Kier molecular flexibility index (Phi) is 7.55. The van der Waals surface area contributed by atoms with E-state index in [1.54, 1.807) is 24.4 Å². The summed E-state index contributed by atoms with van der Waals surface area (Å²) in [6, 6.07) is 8.40. The number of rotatable bonds is 10. The number of amides is 1. The highest BCUT2D eigenvalue weighted by Gasteiger charge is 2.22. The van der Waals surface area contributed by atoms with Gasteiger partial charge in [0.1, 0.15) is 5.69 Å². The number of carbonyl (C=O) groups excluding carboxylic acids is 1. The van der Waals surface area contributed by atoms with Crippen LogP contribution in [-0.4, -0.2) is 35.8 Å². The molecule has 2 aromatic rings. The zero-order valence-electron chi connectivity index (χ0n) is 15.9. The van der Waals surface area contributed by atoms with Crippen molar-refractivity contribution in [2.24, 2.45) is 5.73 Å². The van der Waals surface area contributed by atoms with E-state index < -0.39 is 11.0 Å². The first-order valence-electron chi connectivity index (χ1n) is 8.89. The summed E-state index contributed by atoms with van der Waals surface area (Å²) in [6.45, 7) is 2.20. The van der Waals surface area contributed by atoms with Crippen LogP contribution in [-0.2, 0) is 4.74 Å². The lowest BCUT2D eigenvalue weighted by Gasteiger charge is -2.19. The summed E-state index contributed by atoms with van der Waals surface area (Å²) in [7, 11) is 1.51. The summed E-state index contributed by atoms with van der Waals surface area (Å²) < 4.78 is 10.0. The first-order chi connectivity index (χ1) is 13.4. The van der Waals surface area contributed by atoms with Gasteiger partial charge in [-0.3, -0.25) is 10.1 Å². The van der Waals surface area contributed by atoms with Gasteiger partial charge in [-0.15, -0.1) is 0 Å². The number of benzene rings is 1. The molecule has 1 amide bonds. The summed E-state index contributed by atoms with van der Waals surface area (Å²) in [5.74, 6) is 0.391. The van der Waals surface area contributed by atoms with Crippen molar-refractivity contribution < 1.29 is 19.2 Å². The zero-order chi connectivity index (χ0) is 20.5. The molecule has 0 bridgehead atoms. The van der Waals surface area contributed by atoms with Crippen molar-refractivity contribution in [3.8, 4) is 17.0 Å². The lowest BCUT2D eigenvalue weighted by atomic mass is 10.0. The second-order valence-corrected chi connectivity index (χ2v) is 6.23. The van der Waals surface area contributed by atoms with E-state index in [-0.39, 0.29) is 18.3 Å². The van der Waals surface area contributed by atoms with Crippen LogP contribution < -0.4 is 15.8 Å². The van der Waals surface area contributed by atoms with Gasteiger partial charge < -0.3 is 20.5 Å². The number of aromatic nitrogens is 1. The van der Waals surface area contributed by atoms with Crippen molar-refractivity contribution in [2.45, 2.75) is 32.2 Å². The molecule has 3 N–H and O–H groups in total. The van der Waals surface area contributed by atoms with Crippen molar-refractivity contribution in [3.63, 3.8) is 0 Å². The van der Waals surface area contributed by atoms with Crippen LogP contribution in [0.2, 0.25) is 0 Å². The predicted octanol–water partition coefficient (Wildman–Crippen LogP) is 3.73. The quantitative estimate of drug-likeness (QED) is 0.360. The number of nitrogens with zero attached hydrogens (tertiary/aromatic N) is 2. The number of hydrogen-bond acceptors (Lipinski definition) is 7. The van der Waals surface area contributed by atoms with E-state index in [0.29, 0.717) is 29.1 Å². The summed E-state index contributed by atoms with van der Waals surface area (Å²) in [4.78, 5) is 25.9.